The van der Waals surface area contributed by atoms with Crippen molar-refractivity contribution in [1.29, 1.82) is 0 Å². The van der Waals surface area contributed by atoms with Gasteiger partial charge in [0.25, 0.3) is 15.9 Å². The maximum Gasteiger partial charge on any atom is 0.338 e. The molecular weight excluding hydrogens is 440 g/mol. The molecule has 0 atom stereocenters. The topological polar surface area (TPSA) is 92.8 Å². The number of fused-ring (bicyclic) bond motifs is 1. The number of benzene rings is 3. The molecular formula is C25H24N2O5S. The summed E-state index contributed by atoms with van der Waals surface area (Å²) in [6.45, 7) is 3.64. The second kappa shape index (κ2) is 9.07. The van der Waals surface area contributed by atoms with Crippen molar-refractivity contribution in [2.75, 3.05) is 22.8 Å². The van der Waals surface area contributed by atoms with Crippen LogP contribution in [-0.2, 0) is 26.0 Å². The van der Waals surface area contributed by atoms with E-state index in [4.69, 9.17) is 4.74 Å². The van der Waals surface area contributed by atoms with Gasteiger partial charge in [-0.2, -0.15) is 0 Å². The molecule has 0 unspecified atom stereocenters. The Morgan fingerprint density at radius 2 is 1.79 bits per heavy atom. The first-order chi connectivity index (χ1) is 15.8. The Hall–Kier alpha value is -3.65. The molecule has 0 aromatic heterocycles. The van der Waals surface area contributed by atoms with E-state index < -0.39 is 28.5 Å². The average Bonchev–Trinajstić information content (AvgIpc) is 3.25. The fourth-order valence-electron chi connectivity index (χ4n) is 3.74. The highest BCUT2D eigenvalue weighted by molar-refractivity contribution is 7.92. The second-order valence-electron chi connectivity index (χ2n) is 7.93. The zero-order chi connectivity index (χ0) is 23.6. The van der Waals surface area contributed by atoms with Crippen LogP contribution in [0.1, 0.15) is 27.0 Å². The van der Waals surface area contributed by atoms with Crippen LogP contribution in [-0.4, -0.2) is 33.4 Å². The van der Waals surface area contributed by atoms with Crippen LogP contribution in [0.3, 0.4) is 0 Å². The molecule has 3 aromatic carbocycles. The van der Waals surface area contributed by atoms with E-state index in [1.807, 2.05) is 44.2 Å². The number of esters is 1. The van der Waals surface area contributed by atoms with E-state index in [0.717, 1.165) is 16.7 Å². The van der Waals surface area contributed by atoms with Crippen LogP contribution in [0.25, 0.3) is 0 Å². The van der Waals surface area contributed by atoms with Crippen LogP contribution < -0.4 is 9.62 Å². The van der Waals surface area contributed by atoms with Gasteiger partial charge in [0.05, 0.1) is 16.1 Å². The summed E-state index contributed by atoms with van der Waals surface area (Å²) >= 11 is 0. The van der Waals surface area contributed by atoms with Gasteiger partial charge in [-0.25, -0.2) is 13.2 Å². The number of hydrogen-bond acceptors (Lipinski definition) is 5. The van der Waals surface area contributed by atoms with Crippen LogP contribution in [0.2, 0.25) is 0 Å². The number of nitrogens with zero attached hydrogens (tertiary/aromatic N) is 1. The Morgan fingerprint density at radius 1 is 1.00 bits per heavy atom. The summed E-state index contributed by atoms with van der Waals surface area (Å²) in [5.41, 5.74) is 4.20. The first-order valence-corrected chi connectivity index (χ1v) is 11.9. The summed E-state index contributed by atoms with van der Waals surface area (Å²) in [5, 5.41) is 2.72. The molecule has 170 valence electrons. The number of amides is 1. The van der Waals surface area contributed by atoms with E-state index in [9.17, 15) is 18.0 Å². The van der Waals surface area contributed by atoms with Gasteiger partial charge < -0.3 is 10.1 Å². The molecule has 8 heteroatoms. The number of para-hydroxylation sites is 1. The number of nitrogens with one attached hydrogen (secondary N) is 1. The Balaban J connectivity index is 1.45. The third-order valence-corrected chi connectivity index (χ3v) is 7.31. The van der Waals surface area contributed by atoms with Gasteiger partial charge in [0, 0.05) is 12.2 Å². The largest absolute Gasteiger partial charge is 0.452 e. The molecule has 4 rings (SSSR count). The lowest BCUT2D eigenvalue weighted by atomic mass is 10.1. The molecule has 0 bridgehead atoms. The molecule has 1 heterocycles. The van der Waals surface area contributed by atoms with E-state index in [2.05, 4.69) is 5.32 Å². The van der Waals surface area contributed by atoms with Crippen molar-refractivity contribution in [3.05, 3.63) is 89.0 Å². The van der Waals surface area contributed by atoms with Crippen LogP contribution in [0.15, 0.2) is 71.6 Å². The van der Waals surface area contributed by atoms with Crippen molar-refractivity contribution < 1.29 is 22.7 Å². The summed E-state index contributed by atoms with van der Waals surface area (Å²) < 4.78 is 32.9. The lowest BCUT2D eigenvalue weighted by molar-refractivity contribution is -0.119. The Labute approximate surface area is 193 Å². The molecule has 0 spiro atoms. The number of ether oxygens (including phenoxy) is 1. The minimum atomic E-state index is -3.84. The lowest BCUT2D eigenvalue weighted by Crippen LogP contribution is -2.29. The zero-order valence-electron chi connectivity index (χ0n) is 18.4. The first-order valence-electron chi connectivity index (χ1n) is 10.5. The van der Waals surface area contributed by atoms with Gasteiger partial charge in [-0.05, 0) is 67.3 Å². The lowest BCUT2D eigenvalue weighted by Gasteiger charge is -2.19. The Bertz CT molecular complexity index is 1330. The molecule has 0 saturated carbocycles. The number of hydrogen-bond donors (Lipinski definition) is 1. The van der Waals surface area contributed by atoms with Gasteiger partial charge in [-0.3, -0.25) is 9.10 Å². The molecule has 33 heavy (non-hydrogen) atoms. The summed E-state index contributed by atoms with van der Waals surface area (Å²) in [6, 6.07) is 18.7. The SMILES string of the molecule is Cc1ccc(C)c(NC(=O)COC(=O)c2cccc(S(=O)(=O)N3CCc4ccccc43)c2)c1. The number of sulfonamides is 1. The summed E-state index contributed by atoms with van der Waals surface area (Å²) in [7, 11) is -3.84. The van der Waals surface area contributed by atoms with Crippen LogP contribution in [0.5, 0.6) is 0 Å². The number of anilines is 2. The predicted molar refractivity (Wildman–Crippen MR) is 126 cm³/mol. The average molecular weight is 465 g/mol. The minimum absolute atomic E-state index is 0.00603. The summed E-state index contributed by atoms with van der Waals surface area (Å²) in [6.07, 6.45) is 0.632. The Morgan fingerprint density at radius 3 is 2.61 bits per heavy atom. The smallest absolute Gasteiger partial charge is 0.338 e. The van der Waals surface area contributed by atoms with E-state index in [1.54, 1.807) is 12.1 Å². The number of carbonyl (C=O) groups is 2. The zero-order valence-corrected chi connectivity index (χ0v) is 19.2. The van der Waals surface area contributed by atoms with Gasteiger partial charge in [-0.15, -0.1) is 0 Å². The second-order valence-corrected chi connectivity index (χ2v) is 9.79. The quantitative estimate of drug-likeness (QED) is 0.560. The normalized spacial score (nSPS) is 12.8. The fraction of sp³-hybridized carbons (Fsp3) is 0.200. The van der Waals surface area contributed by atoms with E-state index in [0.29, 0.717) is 24.3 Å². The van der Waals surface area contributed by atoms with Crippen LogP contribution >= 0.6 is 0 Å². The van der Waals surface area contributed by atoms with Crippen molar-refractivity contribution >= 4 is 33.3 Å². The van der Waals surface area contributed by atoms with E-state index in [-0.39, 0.29) is 10.5 Å². The van der Waals surface area contributed by atoms with Crippen molar-refractivity contribution in [2.24, 2.45) is 0 Å². The molecule has 1 amide bonds. The van der Waals surface area contributed by atoms with Crippen molar-refractivity contribution in [2.45, 2.75) is 25.2 Å². The van der Waals surface area contributed by atoms with E-state index in [1.165, 1.54) is 28.6 Å². The van der Waals surface area contributed by atoms with Crippen molar-refractivity contribution in [3.63, 3.8) is 0 Å². The summed E-state index contributed by atoms with van der Waals surface area (Å²) in [5.74, 6) is -1.25. The number of aryl methyl sites for hydroxylation is 2. The highest BCUT2D eigenvalue weighted by Crippen LogP contribution is 2.32. The molecule has 7 nitrogen and oxygen atoms in total. The molecule has 0 radical (unpaired) electrons. The predicted octanol–water partition coefficient (Wildman–Crippen LogP) is 3.85. The van der Waals surface area contributed by atoms with Crippen LogP contribution in [0.4, 0.5) is 11.4 Å². The molecule has 1 N–H and O–H groups in total. The molecule has 0 saturated heterocycles. The Kier molecular flexibility index (Phi) is 6.20. The van der Waals surface area contributed by atoms with Gasteiger partial charge in [-0.1, -0.05) is 36.4 Å². The monoisotopic (exact) mass is 464 g/mol. The number of carbonyl (C=O) groups excluding carboxylic acids is 2. The fourth-order valence-corrected chi connectivity index (χ4v) is 5.29. The molecule has 0 aliphatic carbocycles. The van der Waals surface area contributed by atoms with Gasteiger partial charge >= 0.3 is 5.97 Å². The molecule has 0 fully saturated rings. The standard InChI is InChI=1S/C25H24N2O5S/c1-17-10-11-18(2)22(14-17)26-24(28)16-32-25(29)20-7-5-8-21(15-20)33(30,31)27-13-12-19-6-3-4-9-23(19)27/h3-11,14-15H,12-13,16H2,1-2H3,(H,26,28). The third kappa shape index (κ3) is 4.75. The molecule has 3 aromatic rings. The first kappa shape index (κ1) is 22.5. The van der Waals surface area contributed by atoms with Crippen LogP contribution in [0, 0.1) is 13.8 Å². The highest BCUT2D eigenvalue weighted by atomic mass is 32.2. The molecule has 1 aliphatic rings. The van der Waals surface area contributed by atoms with Gasteiger partial charge in [0.1, 0.15) is 0 Å². The third-order valence-electron chi connectivity index (χ3n) is 5.50. The van der Waals surface area contributed by atoms with Crippen molar-refractivity contribution in [1.82, 2.24) is 0 Å². The maximum atomic E-state index is 13.2. The minimum Gasteiger partial charge on any atom is -0.452 e. The van der Waals surface area contributed by atoms with E-state index >= 15 is 0 Å². The highest BCUT2D eigenvalue weighted by Gasteiger charge is 2.31. The molecule has 1 aliphatic heterocycles. The maximum absolute atomic E-state index is 13.2. The number of rotatable bonds is 6. The van der Waals surface area contributed by atoms with Gasteiger partial charge in [0.2, 0.25) is 0 Å². The van der Waals surface area contributed by atoms with Crippen molar-refractivity contribution in [3.8, 4) is 0 Å². The van der Waals surface area contributed by atoms with Gasteiger partial charge in [0.15, 0.2) is 6.61 Å². The summed E-state index contributed by atoms with van der Waals surface area (Å²) in [4.78, 5) is 24.7.